The second-order valence-electron chi connectivity index (χ2n) is 4.80. The Morgan fingerprint density at radius 1 is 0.619 bits per heavy atom. The molecule has 0 aromatic heterocycles. The van der Waals surface area contributed by atoms with E-state index in [4.69, 9.17) is 0 Å². The normalized spacial score (nSPS) is 10.5. The van der Waals surface area contributed by atoms with Crippen molar-refractivity contribution in [2.24, 2.45) is 0 Å². The van der Waals surface area contributed by atoms with Crippen LogP contribution in [0.25, 0.3) is 16.7 Å². The van der Waals surface area contributed by atoms with Gasteiger partial charge in [0.25, 0.3) is 0 Å². The summed E-state index contributed by atoms with van der Waals surface area (Å²) in [6.07, 6.45) is 2.23. The Labute approximate surface area is 130 Å². The molecule has 2 aromatic carbocycles. The molecule has 0 nitrogen and oxygen atoms in total. The van der Waals surface area contributed by atoms with Gasteiger partial charge in [-0.2, -0.15) is 0 Å². The molecule has 0 N–H and O–H groups in total. The first kappa shape index (κ1) is 17.2. The number of fused-ring (bicyclic) bond motifs is 3. The molecule has 0 heterocycles. The minimum Gasteiger partial charge on any atom is -0.0791 e. The highest BCUT2D eigenvalue weighted by atomic mass is 14.3. The molecular formula is C21H28. The Bertz CT molecular complexity index is 577. The predicted octanol–water partition coefficient (Wildman–Crippen LogP) is 6.79. The lowest BCUT2D eigenvalue weighted by atomic mass is 10.0. The van der Waals surface area contributed by atoms with Crippen molar-refractivity contribution in [3.63, 3.8) is 0 Å². The van der Waals surface area contributed by atoms with E-state index in [0.29, 0.717) is 0 Å². The van der Waals surface area contributed by atoms with E-state index in [1.54, 1.807) is 0 Å². The summed E-state index contributed by atoms with van der Waals surface area (Å²) >= 11 is 0. The quantitative estimate of drug-likeness (QED) is 0.425. The Hall–Kier alpha value is -1.82. The maximum Gasteiger partial charge on any atom is -0.00989 e. The van der Waals surface area contributed by atoms with Crippen LogP contribution in [-0.4, -0.2) is 0 Å². The summed E-state index contributed by atoms with van der Waals surface area (Å²) in [5.41, 5.74) is 9.54. The van der Waals surface area contributed by atoms with E-state index in [1.165, 1.54) is 39.0 Å². The smallest absolute Gasteiger partial charge is 0.00989 e. The van der Waals surface area contributed by atoms with Gasteiger partial charge in [0.2, 0.25) is 0 Å². The molecule has 0 atom stereocenters. The van der Waals surface area contributed by atoms with E-state index >= 15 is 0 Å². The average molecular weight is 280 g/mol. The summed E-state index contributed by atoms with van der Waals surface area (Å²) in [7, 11) is 0. The van der Waals surface area contributed by atoms with E-state index in [1.807, 2.05) is 27.7 Å². The first-order chi connectivity index (χ1) is 10.2. The second-order valence-corrected chi connectivity index (χ2v) is 4.80. The highest BCUT2D eigenvalue weighted by Crippen LogP contribution is 2.44. The van der Waals surface area contributed by atoms with Gasteiger partial charge in [-0.25, -0.2) is 0 Å². The molecule has 0 spiro atoms. The third kappa shape index (κ3) is 3.26. The Morgan fingerprint density at radius 3 is 1.33 bits per heavy atom. The summed E-state index contributed by atoms with van der Waals surface area (Å²) in [5.74, 6) is 0. The molecule has 112 valence electrons. The third-order valence-electron chi connectivity index (χ3n) is 3.51. The van der Waals surface area contributed by atoms with Crippen LogP contribution in [0.15, 0.2) is 42.5 Å². The lowest BCUT2D eigenvalue weighted by molar-refractivity contribution is 1.46. The number of allylic oxidation sites excluding steroid dienone is 1. The van der Waals surface area contributed by atoms with E-state index < -0.39 is 0 Å². The van der Waals surface area contributed by atoms with Crippen molar-refractivity contribution in [1.82, 2.24) is 0 Å². The molecule has 21 heavy (non-hydrogen) atoms. The molecular weight excluding hydrogens is 252 g/mol. The fourth-order valence-corrected chi connectivity index (χ4v) is 2.69. The van der Waals surface area contributed by atoms with Crippen LogP contribution in [0.3, 0.4) is 0 Å². The van der Waals surface area contributed by atoms with Crippen molar-refractivity contribution in [3.05, 3.63) is 64.7 Å². The van der Waals surface area contributed by atoms with Crippen molar-refractivity contribution in [3.8, 4) is 11.1 Å². The molecule has 0 aliphatic heterocycles. The van der Waals surface area contributed by atoms with Gasteiger partial charge in [-0.05, 0) is 48.6 Å². The summed E-state index contributed by atoms with van der Waals surface area (Å²) in [6, 6.07) is 13.5. The van der Waals surface area contributed by atoms with E-state index in [-0.39, 0.29) is 0 Å². The topological polar surface area (TPSA) is 0 Å². The Kier molecular flexibility index (Phi) is 6.42. The van der Waals surface area contributed by atoms with Crippen LogP contribution in [0, 0.1) is 13.8 Å². The maximum atomic E-state index is 2.29. The van der Waals surface area contributed by atoms with E-state index in [0.717, 1.165) is 0 Å². The molecule has 0 saturated heterocycles. The molecule has 0 bridgehead atoms. The van der Waals surface area contributed by atoms with Gasteiger partial charge in [0, 0.05) is 0 Å². The standard InChI is InChI=1S/C17H16.2C2H6/c1-4-13-16-9-11(2)5-7-14(16)15-8-6-12(3)10-17(13)15;2*1-2/h4-10H,1-3H3;2*1-2H3. The molecule has 0 radical (unpaired) electrons. The van der Waals surface area contributed by atoms with Crippen molar-refractivity contribution in [2.75, 3.05) is 0 Å². The van der Waals surface area contributed by atoms with Crippen molar-refractivity contribution in [1.29, 1.82) is 0 Å². The van der Waals surface area contributed by atoms with Crippen LogP contribution in [-0.2, 0) is 0 Å². The zero-order chi connectivity index (χ0) is 16.0. The lowest BCUT2D eigenvalue weighted by Crippen LogP contribution is -1.82. The number of benzene rings is 2. The van der Waals surface area contributed by atoms with Crippen molar-refractivity contribution >= 4 is 5.57 Å². The van der Waals surface area contributed by atoms with Gasteiger partial charge in [-0.15, -0.1) is 0 Å². The van der Waals surface area contributed by atoms with Gasteiger partial charge >= 0.3 is 0 Å². The monoisotopic (exact) mass is 280 g/mol. The Balaban J connectivity index is 0.000000510. The van der Waals surface area contributed by atoms with E-state index in [9.17, 15) is 0 Å². The van der Waals surface area contributed by atoms with Crippen molar-refractivity contribution < 1.29 is 0 Å². The minimum atomic E-state index is 1.33. The third-order valence-corrected chi connectivity index (χ3v) is 3.51. The number of hydrogen-bond donors (Lipinski definition) is 0. The highest BCUT2D eigenvalue weighted by molar-refractivity contribution is 6.01. The molecule has 0 heteroatoms. The highest BCUT2D eigenvalue weighted by Gasteiger charge is 2.22. The lowest BCUT2D eigenvalue weighted by Gasteiger charge is -2.02. The number of hydrogen-bond acceptors (Lipinski definition) is 0. The molecule has 0 saturated carbocycles. The summed E-state index contributed by atoms with van der Waals surface area (Å²) < 4.78 is 0. The van der Waals surface area contributed by atoms with Crippen LogP contribution in [0.4, 0.5) is 0 Å². The molecule has 0 unspecified atom stereocenters. The van der Waals surface area contributed by atoms with Crippen LogP contribution in [0.2, 0.25) is 0 Å². The molecule has 1 aliphatic carbocycles. The molecule has 0 amide bonds. The molecule has 3 rings (SSSR count). The van der Waals surface area contributed by atoms with Gasteiger partial charge in [-0.1, -0.05) is 81.3 Å². The van der Waals surface area contributed by atoms with Crippen LogP contribution in [0.1, 0.15) is 56.9 Å². The van der Waals surface area contributed by atoms with Crippen LogP contribution in [0.5, 0.6) is 0 Å². The summed E-state index contributed by atoms with van der Waals surface area (Å²) in [4.78, 5) is 0. The van der Waals surface area contributed by atoms with Gasteiger partial charge in [0.15, 0.2) is 0 Å². The fraction of sp³-hybridized carbons (Fsp3) is 0.333. The minimum absolute atomic E-state index is 1.33. The molecule has 1 aliphatic rings. The summed E-state index contributed by atoms with van der Waals surface area (Å²) in [5, 5.41) is 0. The number of aryl methyl sites for hydroxylation is 2. The maximum absolute atomic E-state index is 2.29. The van der Waals surface area contributed by atoms with Gasteiger partial charge in [0.1, 0.15) is 0 Å². The van der Waals surface area contributed by atoms with Gasteiger partial charge < -0.3 is 0 Å². The largest absolute Gasteiger partial charge is 0.0791 e. The van der Waals surface area contributed by atoms with Crippen molar-refractivity contribution in [2.45, 2.75) is 48.5 Å². The van der Waals surface area contributed by atoms with Gasteiger partial charge in [-0.3, -0.25) is 0 Å². The first-order valence-corrected chi connectivity index (χ1v) is 8.09. The summed E-state index contributed by atoms with van der Waals surface area (Å²) in [6.45, 7) is 14.4. The Morgan fingerprint density at radius 2 is 1.00 bits per heavy atom. The SMILES string of the molecule is CC.CC.CC=C1c2cc(C)ccc2-c2ccc(C)cc21. The molecule has 0 fully saturated rings. The first-order valence-electron chi connectivity index (χ1n) is 8.09. The second kappa shape index (κ2) is 7.83. The van der Waals surface area contributed by atoms with E-state index in [2.05, 4.69) is 63.2 Å². The van der Waals surface area contributed by atoms with Crippen LogP contribution >= 0.6 is 0 Å². The average Bonchev–Trinajstić information content (AvgIpc) is 2.83. The number of rotatable bonds is 0. The fourth-order valence-electron chi connectivity index (χ4n) is 2.69. The molecule has 2 aromatic rings. The zero-order valence-corrected chi connectivity index (χ0v) is 14.5. The van der Waals surface area contributed by atoms with Gasteiger partial charge in [0.05, 0.1) is 0 Å². The van der Waals surface area contributed by atoms with Crippen LogP contribution < -0.4 is 0 Å². The predicted molar refractivity (Wildman–Crippen MR) is 96.8 cm³/mol. The zero-order valence-electron chi connectivity index (χ0n) is 14.5.